The molecule has 0 amide bonds. The monoisotopic (exact) mass is 263 g/mol. The van der Waals surface area contributed by atoms with Gasteiger partial charge in [0.15, 0.2) is 0 Å². The molecule has 0 atom stereocenters. The molecule has 0 aromatic heterocycles. The number of nitrogen functional groups attached to an aromatic ring is 2. The zero-order chi connectivity index (χ0) is 13.3. The number of nitro benzene ring substituents is 1. The zero-order valence-electron chi connectivity index (χ0n) is 9.26. The van der Waals surface area contributed by atoms with Gasteiger partial charge in [-0.2, -0.15) is 0 Å². The Labute approximate surface area is 108 Å². The van der Waals surface area contributed by atoms with Crippen LogP contribution in [0.3, 0.4) is 0 Å². The summed E-state index contributed by atoms with van der Waals surface area (Å²) in [6, 6.07) is 9.85. The van der Waals surface area contributed by atoms with Gasteiger partial charge in [0.2, 0.25) is 0 Å². The second-order valence-electron chi connectivity index (χ2n) is 3.74. The summed E-state index contributed by atoms with van der Waals surface area (Å²) in [5.41, 5.74) is 12.8. The summed E-state index contributed by atoms with van der Waals surface area (Å²) in [7, 11) is 0. The summed E-state index contributed by atoms with van der Waals surface area (Å²) in [5.74, 6) is 0. The lowest BCUT2D eigenvalue weighted by molar-refractivity contribution is -0.384. The second kappa shape index (κ2) is 4.54. The number of nitro groups is 1. The van der Waals surface area contributed by atoms with E-state index >= 15 is 0 Å². The predicted octanol–water partition coefficient (Wildman–Crippen LogP) is 3.08. The standard InChI is InChI=1S/C12H10ClN3O2/c13-11-10(15)6-5-9(12(11)16(17)18)7-1-3-8(14)4-2-7/h1-6H,14-15H2. The summed E-state index contributed by atoms with van der Waals surface area (Å²) in [4.78, 5) is 10.5. The van der Waals surface area contributed by atoms with E-state index < -0.39 is 4.92 Å². The fourth-order valence-corrected chi connectivity index (χ4v) is 1.89. The van der Waals surface area contributed by atoms with Crippen LogP contribution in [0.1, 0.15) is 0 Å². The molecule has 0 radical (unpaired) electrons. The lowest BCUT2D eigenvalue weighted by Gasteiger charge is -2.07. The Morgan fingerprint density at radius 2 is 1.67 bits per heavy atom. The van der Waals surface area contributed by atoms with Crippen LogP contribution in [0.25, 0.3) is 11.1 Å². The Morgan fingerprint density at radius 3 is 2.22 bits per heavy atom. The number of anilines is 2. The second-order valence-corrected chi connectivity index (χ2v) is 4.12. The van der Waals surface area contributed by atoms with Gasteiger partial charge in [-0.25, -0.2) is 0 Å². The maximum Gasteiger partial charge on any atom is 0.297 e. The van der Waals surface area contributed by atoms with Crippen molar-refractivity contribution in [2.24, 2.45) is 0 Å². The molecular formula is C12H10ClN3O2. The van der Waals surface area contributed by atoms with Crippen LogP contribution in [0.4, 0.5) is 17.1 Å². The number of nitrogens with zero attached hydrogens (tertiary/aromatic N) is 1. The van der Waals surface area contributed by atoms with Crippen LogP contribution in [0, 0.1) is 10.1 Å². The van der Waals surface area contributed by atoms with Crippen molar-refractivity contribution in [3.05, 3.63) is 51.5 Å². The van der Waals surface area contributed by atoms with E-state index in [9.17, 15) is 10.1 Å². The third-order valence-electron chi connectivity index (χ3n) is 2.55. The topological polar surface area (TPSA) is 95.2 Å². The third-order valence-corrected chi connectivity index (χ3v) is 2.95. The molecule has 92 valence electrons. The minimum atomic E-state index is -0.537. The van der Waals surface area contributed by atoms with E-state index in [-0.39, 0.29) is 16.4 Å². The molecule has 5 nitrogen and oxygen atoms in total. The molecule has 0 saturated heterocycles. The molecule has 0 spiro atoms. The Balaban J connectivity index is 2.68. The molecule has 0 heterocycles. The zero-order valence-corrected chi connectivity index (χ0v) is 10.0. The van der Waals surface area contributed by atoms with Crippen LogP contribution in [0.5, 0.6) is 0 Å². The summed E-state index contributed by atoms with van der Waals surface area (Å²) < 4.78 is 0. The Kier molecular flexibility index (Phi) is 3.08. The van der Waals surface area contributed by atoms with Crippen molar-refractivity contribution in [2.45, 2.75) is 0 Å². The van der Waals surface area contributed by atoms with E-state index in [2.05, 4.69) is 0 Å². The van der Waals surface area contributed by atoms with Gasteiger partial charge in [0.25, 0.3) is 5.69 Å². The van der Waals surface area contributed by atoms with Gasteiger partial charge in [0, 0.05) is 5.69 Å². The lowest BCUT2D eigenvalue weighted by atomic mass is 10.0. The fraction of sp³-hybridized carbons (Fsp3) is 0. The van der Waals surface area contributed by atoms with Crippen LogP contribution in [0.2, 0.25) is 5.02 Å². The van der Waals surface area contributed by atoms with Crippen molar-refractivity contribution in [3.63, 3.8) is 0 Å². The molecule has 2 aromatic carbocycles. The maximum atomic E-state index is 11.1. The first-order valence-corrected chi connectivity index (χ1v) is 5.47. The van der Waals surface area contributed by atoms with Crippen molar-refractivity contribution in [1.82, 2.24) is 0 Å². The predicted molar refractivity (Wildman–Crippen MR) is 72.4 cm³/mol. The molecule has 18 heavy (non-hydrogen) atoms. The van der Waals surface area contributed by atoms with Gasteiger partial charge >= 0.3 is 0 Å². The highest BCUT2D eigenvalue weighted by molar-refractivity contribution is 6.35. The number of hydrogen-bond acceptors (Lipinski definition) is 4. The average molecular weight is 264 g/mol. The molecule has 0 aliphatic heterocycles. The van der Waals surface area contributed by atoms with Crippen molar-refractivity contribution in [3.8, 4) is 11.1 Å². The van der Waals surface area contributed by atoms with Crippen LogP contribution in [-0.4, -0.2) is 4.92 Å². The first-order valence-electron chi connectivity index (χ1n) is 5.09. The Morgan fingerprint density at radius 1 is 1.06 bits per heavy atom. The summed E-state index contributed by atoms with van der Waals surface area (Å²) >= 11 is 5.88. The van der Waals surface area contributed by atoms with Gasteiger partial charge < -0.3 is 11.5 Å². The molecule has 0 fully saturated rings. The van der Waals surface area contributed by atoms with Crippen molar-refractivity contribution < 1.29 is 4.92 Å². The highest BCUT2D eigenvalue weighted by Gasteiger charge is 2.21. The smallest absolute Gasteiger partial charge is 0.297 e. The van der Waals surface area contributed by atoms with Gasteiger partial charge in [-0.05, 0) is 29.8 Å². The minimum Gasteiger partial charge on any atom is -0.399 e. The van der Waals surface area contributed by atoms with E-state index in [0.717, 1.165) is 0 Å². The molecule has 0 bridgehead atoms. The SMILES string of the molecule is Nc1ccc(-c2ccc(N)c(Cl)c2[N+](=O)[O-])cc1. The van der Waals surface area contributed by atoms with Gasteiger partial charge in [0.1, 0.15) is 5.02 Å². The molecule has 0 aliphatic carbocycles. The number of halogens is 1. The Bertz CT molecular complexity index is 611. The van der Waals surface area contributed by atoms with Gasteiger partial charge in [-0.3, -0.25) is 10.1 Å². The van der Waals surface area contributed by atoms with Gasteiger partial charge in [-0.1, -0.05) is 23.7 Å². The van der Waals surface area contributed by atoms with Gasteiger partial charge in [-0.15, -0.1) is 0 Å². The molecule has 2 rings (SSSR count). The Hall–Kier alpha value is -2.27. The van der Waals surface area contributed by atoms with Crippen molar-refractivity contribution in [1.29, 1.82) is 0 Å². The van der Waals surface area contributed by atoms with Crippen LogP contribution in [-0.2, 0) is 0 Å². The summed E-state index contributed by atoms with van der Waals surface area (Å²) in [5, 5.41) is 11.0. The molecule has 0 saturated carbocycles. The first-order chi connectivity index (χ1) is 8.50. The van der Waals surface area contributed by atoms with Gasteiger partial charge in [0.05, 0.1) is 16.2 Å². The summed E-state index contributed by atoms with van der Waals surface area (Å²) in [6.45, 7) is 0. The average Bonchev–Trinajstić information content (AvgIpc) is 2.33. The molecule has 6 heteroatoms. The van der Waals surface area contributed by atoms with E-state index in [1.54, 1.807) is 36.4 Å². The molecule has 0 aliphatic rings. The maximum absolute atomic E-state index is 11.1. The third kappa shape index (κ3) is 2.08. The normalized spacial score (nSPS) is 10.3. The van der Waals surface area contributed by atoms with Crippen LogP contribution < -0.4 is 11.5 Å². The molecular weight excluding hydrogens is 254 g/mol. The van der Waals surface area contributed by atoms with Crippen molar-refractivity contribution >= 4 is 28.7 Å². The van der Waals surface area contributed by atoms with Crippen LogP contribution >= 0.6 is 11.6 Å². The number of benzene rings is 2. The van der Waals surface area contributed by atoms with E-state index in [0.29, 0.717) is 16.8 Å². The minimum absolute atomic E-state index is 0.0469. The highest BCUT2D eigenvalue weighted by atomic mass is 35.5. The van der Waals surface area contributed by atoms with Crippen LogP contribution in [0.15, 0.2) is 36.4 Å². The number of rotatable bonds is 2. The van der Waals surface area contributed by atoms with E-state index in [1.165, 1.54) is 0 Å². The molecule has 4 N–H and O–H groups in total. The van der Waals surface area contributed by atoms with E-state index in [1.807, 2.05) is 0 Å². The molecule has 0 unspecified atom stereocenters. The van der Waals surface area contributed by atoms with Crippen molar-refractivity contribution in [2.75, 3.05) is 11.5 Å². The first kappa shape index (κ1) is 12.2. The number of nitrogens with two attached hydrogens (primary N) is 2. The summed E-state index contributed by atoms with van der Waals surface area (Å²) in [6.07, 6.45) is 0. The van der Waals surface area contributed by atoms with E-state index in [4.69, 9.17) is 23.1 Å². The lowest BCUT2D eigenvalue weighted by Crippen LogP contribution is -1.97. The number of hydrogen-bond donors (Lipinski definition) is 2. The highest BCUT2D eigenvalue weighted by Crippen LogP contribution is 2.39. The quantitative estimate of drug-likeness (QED) is 0.494. The largest absolute Gasteiger partial charge is 0.399 e. The molecule has 2 aromatic rings. The fourth-order valence-electron chi connectivity index (χ4n) is 1.65.